The molecule has 0 unspecified atom stereocenters. The quantitative estimate of drug-likeness (QED) is 0.693. The van der Waals surface area contributed by atoms with E-state index < -0.39 is 0 Å². The van der Waals surface area contributed by atoms with Gasteiger partial charge in [0.1, 0.15) is 11.4 Å². The lowest BCUT2D eigenvalue weighted by Gasteiger charge is -2.34. The molecule has 0 aliphatic carbocycles. The average Bonchev–Trinajstić information content (AvgIpc) is 2.70. The van der Waals surface area contributed by atoms with Crippen molar-refractivity contribution in [2.75, 3.05) is 33.3 Å². The van der Waals surface area contributed by atoms with E-state index in [0.29, 0.717) is 5.65 Å². The van der Waals surface area contributed by atoms with Crippen molar-refractivity contribution >= 4 is 5.65 Å². The average molecular weight is 364 g/mol. The minimum atomic E-state index is -0.0197. The summed E-state index contributed by atoms with van der Waals surface area (Å²) in [5.74, 6) is 0.891. The minimum absolute atomic E-state index is 0.0197. The zero-order valence-corrected chi connectivity index (χ0v) is 15.5. The third-order valence-electron chi connectivity index (χ3n) is 5.04. The van der Waals surface area contributed by atoms with Gasteiger partial charge >= 0.3 is 0 Å². The number of benzene rings is 1. The van der Waals surface area contributed by atoms with Gasteiger partial charge < -0.3 is 4.74 Å². The zero-order chi connectivity index (χ0) is 18.6. The van der Waals surface area contributed by atoms with Gasteiger partial charge in [0.15, 0.2) is 0 Å². The lowest BCUT2D eigenvalue weighted by Crippen LogP contribution is -2.45. The highest BCUT2D eigenvalue weighted by Gasteiger charge is 2.18. The van der Waals surface area contributed by atoms with Crippen LogP contribution >= 0.6 is 0 Å². The minimum Gasteiger partial charge on any atom is -0.497 e. The van der Waals surface area contributed by atoms with Crippen LogP contribution in [-0.2, 0) is 13.1 Å². The highest BCUT2D eigenvalue weighted by molar-refractivity contribution is 5.38. The molecule has 0 saturated carbocycles. The molecule has 0 N–H and O–H groups in total. The van der Waals surface area contributed by atoms with E-state index in [1.54, 1.807) is 23.8 Å². The molecular weight excluding hydrogens is 340 g/mol. The van der Waals surface area contributed by atoms with Crippen LogP contribution in [0.25, 0.3) is 5.65 Å². The van der Waals surface area contributed by atoms with Crippen LogP contribution in [0.15, 0.2) is 59.5 Å². The predicted octanol–water partition coefficient (Wildman–Crippen LogP) is 2.02. The van der Waals surface area contributed by atoms with Gasteiger partial charge in [0.2, 0.25) is 0 Å². The van der Waals surface area contributed by atoms with Gasteiger partial charge in [-0.1, -0.05) is 18.2 Å². The van der Waals surface area contributed by atoms with Crippen molar-refractivity contribution in [2.24, 2.45) is 0 Å². The van der Waals surface area contributed by atoms with E-state index in [2.05, 4.69) is 26.9 Å². The van der Waals surface area contributed by atoms with E-state index in [0.717, 1.165) is 50.7 Å². The molecule has 3 heterocycles. The summed E-state index contributed by atoms with van der Waals surface area (Å²) in [5, 5.41) is 0. The van der Waals surface area contributed by atoms with Crippen LogP contribution in [-0.4, -0.2) is 52.5 Å². The first-order chi connectivity index (χ1) is 13.2. The molecule has 0 atom stereocenters. The number of ether oxygens (including phenoxy) is 1. The Labute approximate surface area is 158 Å². The Kier molecular flexibility index (Phi) is 5.18. The Morgan fingerprint density at radius 1 is 0.963 bits per heavy atom. The van der Waals surface area contributed by atoms with Crippen molar-refractivity contribution < 1.29 is 4.74 Å². The SMILES string of the molecule is COc1ccc(CN2CCN(Cc3cc(=O)n4ccccc4n3)CC2)cc1. The lowest BCUT2D eigenvalue weighted by atomic mass is 10.2. The number of methoxy groups -OCH3 is 1. The molecule has 1 fully saturated rings. The Balaban J connectivity index is 1.34. The topological polar surface area (TPSA) is 50.1 Å². The summed E-state index contributed by atoms with van der Waals surface area (Å²) in [4.78, 5) is 21.7. The highest BCUT2D eigenvalue weighted by Crippen LogP contribution is 2.14. The Morgan fingerprint density at radius 2 is 1.67 bits per heavy atom. The number of nitrogens with zero attached hydrogens (tertiary/aromatic N) is 4. The Morgan fingerprint density at radius 3 is 2.37 bits per heavy atom. The molecule has 140 valence electrons. The summed E-state index contributed by atoms with van der Waals surface area (Å²) in [6.07, 6.45) is 1.76. The second-order valence-electron chi connectivity index (χ2n) is 6.91. The van der Waals surface area contributed by atoms with Crippen molar-refractivity contribution in [2.45, 2.75) is 13.1 Å². The summed E-state index contributed by atoms with van der Waals surface area (Å²) in [6.45, 7) is 5.65. The molecule has 27 heavy (non-hydrogen) atoms. The number of hydrogen-bond donors (Lipinski definition) is 0. The molecule has 1 saturated heterocycles. The summed E-state index contributed by atoms with van der Waals surface area (Å²) < 4.78 is 6.79. The largest absolute Gasteiger partial charge is 0.497 e. The van der Waals surface area contributed by atoms with Crippen molar-refractivity contribution in [3.05, 3.63) is 76.3 Å². The Hall–Kier alpha value is -2.70. The molecule has 1 aliphatic heterocycles. The molecule has 6 nitrogen and oxygen atoms in total. The van der Waals surface area contributed by atoms with Crippen molar-refractivity contribution in [1.29, 1.82) is 0 Å². The van der Waals surface area contributed by atoms with Crippen LogP contribution in [0.3, 0.4) is 0 Å². The van der Waals surface area contributed by atoms with Crippen LogP contribution in [0, 0.1) is 0 Å². The van der Waals surface area contributed by atoms with E-state index in [1.807, 2.05) is 30.3 Å². The monoisotopic (exact) mass is 364 g/mol. The van der Waals surface area contributed by atoms with Gasteiger partial charge in [-0.3, -0.25) is 19.0 Å². The molecule has 4 rings (SSSR count). The number of fused-ring (bicyclic) bond motifs is 1. The second-order valence-corrected chi connectivity index (χ2v) is 6.91. The highest BCUT2D eigenvalue weighted by atomic mass is 16.5. The molecule has 6 heteroatoms. The van der Waals surface area contributed by atoms with Crippen LogP contribution in [0.5, 0.6) is 5.75 Å². The molecule has 2 aromatic heterocycles. The van der Waals surface area contributed by atoms with E-state index in [-0.39, 0.29) is 5.56 Å². The Bertz CT molecular complexity index is 960. The molecule has 0 amide bonds. The fourth-order valence-electron chi connectivity index (χ4n) is 3.51. The van der Waals surface area contributed by atoms with Crippen molar-refractivity contribution in [3.8, 4) is 5.75 Å². The third-order valence-corrected chi connectivity index (χ3v) is 5.04. The van der Waals surface area contributed by atoms with E-state index in [9.17, 15) is 4.79 Å². The van der Waals surface area contributed by atoms with Gasteiger partial charge in [0, 0.05) is 51.5 Å². The number of rotatable bonds is 5. The first-order valence-corrected chi connectivity index (χ1v) is 9.26. The van der Waals surface area contributed by atoms with Gasteiger partial charge in [-0.2, -0.15) is 0 Å². The maximum Gasteiger partial charge on any atom is 0.258 e. The summed E-state index contributed by atoms with van der Waals surface area (Å²) in [6, 6.07) is 15.5. The summed E-state index contributed by atoms with van der Waals surface area (Å²) in [5.41, 5.74) is 2.83. The first kappa shape index (κ1) is 17.7. The van der Waals surface area contributed by atoms with E-state index in [1.165, 1.54) is 5.56 Å². The fraction of sp³-hybridized carbons (Fsp3) is 0.333. The van der Waals surface area contributed by atoms with Crippen LogP contribution < -0.4 is 10.3 Å². The molecule has 3 aromatic rings. The maximum atomic E-state index is 12.2. The number of pyridine rings is 1. The summed E-state index contributed by atoms with van der Waals surface area (Å²) in [7, 11) is 1.69. The maximum absolute atomic E-state index is 12.2. The molecule has 0 radical (unpaired) electrons. The van der Waals surface area contributed by atoms with Crippen LogP contribution in [0.4, 0.5) is 0 Å². The van der Waals surface area contributed by atoms with Gasteiger partial charge in [0.05, 0.1) is 12.8 Å². The number of piperazine rings is 1. The second kappa shape index (κ2) is 7.90. The predicted molar refractivity (Wildman–Crippen MR) is 105 cm³/mol. The van der Waals surface area contributed by atoms with Crippen molar-refractivity contribution in [1.82, 2.24) is 19.2 Å². The van der Waals surface area contributed by atoms with Gasteiger partial charge in [-0.25, -0.2) is 4.98 Å². The van der Waals surface area contributed by atoms with Crippen LogP contribution in [0.2, 0.25) is 0 Å². The molecule has 1 aromatic carbocycles. The molecular formula is C21H24N4O2. The van der Waals surface area contributed by atoms with Gasteiger partial charge in [-0.15, -0.1) is 0 Å². The molecule has 1 aliphatic rings. The van der Waals surface area contributed by atoms with Crippen LogP contribution in [0.1, 0.15) is 11.3 Å². The molecule has 0 spiro atoms. The molecule has 0 bridgehead atoms. The van der Waals surface area contributed by atoms with E-state index >= 15 is 0 Å². The number of hydrogen-bond acceptors (Lipinski definition) is 5. The van der Waals surface area contributed by atoms with Gasteiger partial charge in [-0.05, 0) is 29.8 Å². The third kappa shape index (κ3) is 4.18. The van der Waals surface area contributed by atoms with Gasteiger partial charge in [0.25, 0.3) is 5.56 Å². The normalized spacial score (nSPS) is 15.9. The first-order valence-electron chi connectivity index (χ1n) is 9.26. The van der Waals surface area contributed by atoms with E-state index in [4.69, 9.17) is 4.74 Å². The zero-order valence-electron chi connectivity index (χ0n) is 15.5. The fourth-order valence-corrected chi connectivity index (χ4v) is 3.51. The smallest absolute Gasteiger partial charge is 0.258 e. The summed E-state index contributed by atoms with van der Waals surface area (Å²) >= 11 is 0. The standard InChI is InChI=1S/C21H24N4O2/c1-27-19-7-5-17(6-8-19)15-23-10-12-24(13-11-23)16-18-14-21(26)25-9-3-2-4-20(25)22-18/h2-9,14H,10-13,15-16H2,1H3. The van der Waals surface area contributed by atoms with Crippen molar-refractivity contribution in [3.63, 3.8) is 0 Å². The lowest BCUT2D eigenvalue weighted by molar-refractivity contribution is 0.121. The number of aromatic nitrogens is 2.